The van der Waals surface area contributed by atoms with E-state index >= 15 is 0 Å². The van der Waals surface area contributed by atoms with Crippen molar-refractivity contribution >= 4 is 23.3 Å². The van der Waals surface area contributed by atoms with Gasteiger partial charge >= 0.3 is 5.97 Å². The van der Waals surface area contributed by atoms with Crippen molar-refractivity contribution in [1.82, 2.24) is 0 Å². The highest BCUT2D eigenvalue weighted by atomic mass is 35.5. The first kappa shape index (κ1) is 19.5. The van der Waals surface area contributed by atoms with E-state index in [0.717, 1.165) is 12.8 Å². The van der Waals surface area contributed by atoms with Crippen molar-refractivity contribution in [2.24, 2.45) is 11.1 Å². The molecule has 0 radical (unpaired) electrons. The Labute approximate surface area is 152 Å². The summed E-state index contributed by atoms with van der Waals surface area (Å²) in [7, 11) is 0. The molecule has 1 aliphatic rings. The topological polar surface area (TPSA) is 77.3 Å². The van der Waals surface area contributed by atoms with Gasteiger partial charge < -0.3 is 19.4 Å². The summed E-state index contributed by atoms with van der Waals surface area (Å²) in [6.45, 7) is 6.59. The van der Waals surface area contributed by atoms with Crippen LogP contribution >= 0.6 is 11.6 Å². The summed E-state index contributed by atoms with van der Waals surface area (Å²) < 4.78 is 11.6. The van der Waals surface area contributed by atoms with Gasteiger partial charge in [0.15, 0.2) is 6.10 Å². The SMILES string of the molecule is CCCCOC1CON=C1c1cc(Cl)ccc1O[C@H](C(=O)O)C(C)C. The fourth-order valence-electron chi connectivity index (χ4n) is 2.45. The Bertz CT molecular complexity index is 632. The van der Waals surface area contributed by atoms with Gasteiger partial charge in [-0.05, 0) is 24.6 Å². The average Bonchev–Trinajstić information content (AvgIpc) is 3.01. The number of nitrogens with zero attached hydrogens (tertiary/aromatic N) is 1. The molecule has 0 bridgehead atoms. The standard InChI is InChI=1S/C18H24ClNO5/c1-4-5-8-23-15-10-24-20-16(15)13-9-12(19)6-7-14(13)25-17(11(2)3)18(21)22/h6-7,9,11,15,17H,4-5,8,10H2,1-3H3,(H,21,22)/t15?,17-/m0/s1. The maximum Gasteiger partial charge on any atom is 0.345 e. The minimum absolute atomic E-state index is 0.195. The summed E-state index contributed by atoms with van der Waals surface area (Å²) >= 11 is 6.12. The lowest BCUT2D eigenvalue weighted by Crippen LogP contribution is -2.33. The van der Waals surface area contributed by atoms with Gasteiger partial charge in [0.25, 0.3) is 0 Å². The molecule has 0 spiro atoms. The molecule has 1 aromatic rings. The number of ether oxygens (including phenoxy) is 2. The zero-order valence-corrected chi connectivity index (χ0v) is 15.5. The molecule has 1 unspecified atom stereocenters. The van der Waals surface area contributed by atoms with Gasteiger partial charge in [-0.1, -0.05) is 43.9 Å². The summed E-state index contributed by atoms with van der Waals surface area (Å²) in [6.07, 6.45) is 0.675. The second kappa shape index (κ2) is 9.06. The van der Waals surface area contributed by atoms with Crippen LogP contribution in [0.3, 0.4) is 0 Å². The van der Waals surface area contributed by atoms with Gasteiger partial charge in [0.05, 0.1) is 0 Å². The van der Waals surface area contributed by atoms with Gasteiger partial charge in [0, 0.05) is 23.1 Å². The smallest absolute Gasteiger partial charge is 0.345 e. The summed E-state index contributed by atoms with van der Waals surface area (Å²) in [5.74, 6) is -0.811. The highest BCUT2D eigenvalue weighted by Gasteiger charge is 2.30. The van der Waals surface area contributed by atoms with E-state index in [1.807, 2.05) is 0 Å². The van der Waals surface area contributed by atoms with Crippen LogP contribution in [-0.4, -0.2) is 42.2 Å². The van der Waals surface area contributed by atoms with Crippen molar-refractivity contribution < 1.29 is 24.2 Å². The van der Waals surface area contributed by atoms with Crippen molar-refractivity contribution in [3.63, 3.8) is 0 Å². The van der Waals surface area contributed by atoms with Crippen molar-refractivity contribution in [1.29, 1.82) is 0 Å². The Morgan fingerprint density at radius 1 is 1.48 bits per heavy atom. The molecule has 2 rings (SSSR count). The number of benzene rings is 1. The second-order valence-electron chi connectivity index (χ2n) is 6.25. The predicted molar refractivity (Wildman–Crippen MR) is 95.5 cm³/mol. The van der Waals surface area contributed by atoms with E-state index in [0.29, 0.717) is 35.3 Å². The minimum atomic E-state index is -1.02. The average molecular weight is 370 g/mol. The first-order valence-corrected chi connectivity index (χ1v) is 8.82. The summed E-state index contributed by atoms with van der Waals surface area (Å²) in [6, 6.07) is 5.00. The zero-order valence-electron chi connectivity index (χ0n) is 14.7. The minimum Gasteiger partial charge on any atom is -0.478 e. The summed E-state index contributed by atoms with van der Waals surface area (Å²) in [4.78, 5) is 16.7. The molecule has 7 heteroatoms. The number of hydrogen-bond acceptors (Lipinski definition) is 5. The lowest BCUT2D eigenvalue weighted by Gasteiger charge is -2.21. The Morgan fingerprint density at radius 2 is 2.24 bits per heavy atom. The second-order valence-corrected chi connectivity index (χ2v) is 6.68. The van der Waals surface area contributed by atoms with Gasteiger partial charge in [0.2, 0.25) is 0 Å². The van der Waals surface area contributed by atoms with Crippen molar-refractivity contribution in [2.45, 2.75) is 45.8 Å². The fourth-order valence-corrected chi connectivity index (χ4v) is 2.62. The Balaban J connectivity index is 2.27. The number of hydrogen-bond donors (Lipinski definition) is 1. The Morgan fingerprint density at radius 3 is 2.88 bits per heavy atom. The van der Waals surface area contributed by atoms with Crippen LogP contribution in [0.1, 0.15) is 39.2 Å². The van der Waals surface area contributed by atoms with Gasteiger partial charge in [-0.2, -0.15) is 0 Å². The van der Waals surface area contributed by atoms with E-state index in [1.54, 1.807) is 32.0 Å². The number of carboxylic acid groups (broad SMARTS) is 1. The molecule has 0 aliphatic carbocycles. The quantitative estimate of drug-likeness (QED) is 0.671. The molecule has 138 valence electrons. The van der Waals surface area contributed by atoms with Gasteiger partial charge in [-0.25, -0.2) is 4.79 Å². The molecule has 0 aromatic heterocycles. The molecule has 0 fully saturated rings. The number of carboxylic acids is 1. The third-order valence-corrected chi connectivity index (χ3v) is 4.07. The van der Waals surface area contributed by atoms with E-state index in [-0.39, 0.29) is 12.0 Å². The van der Waals surface area contributed by atoms with Gasteiger partial charge in [-0.3, -0.25) is 0 Å². The molecule has 0 saturated heterocycles. The lowest BCUT2D eigenvalue weighted by molar-refractivity contribution is -0.147. The number of carbonyl (C=O) groups is 1. The molecule has 1 heterocycles. The lowest BCUT2D eigenvalue weighted by atomic mass is 10.0. The molecular formula is C18H24ClNO5. The number of rotatable bonds is 9. The Hall–Kier alpha value is -1.79. The van der Waals surface area contributed by atoms with Crippen LogP contribution in [0.25, 0.3) is 0 Å². The summed E-state index contributed by atoms with van der Waals surface area (Å²) in [5.41, 5.74) is 1.17. The van der Waals surface area contributed by atoms with Crippen LogP contribution in [0.4, 0.5) is 0 Å². The molecule has 1 aliphatic heterocycles. The van der Waals surface area contributed by atoms with Crippen LogP contribution in [0.15, 0.2) is 23.4 Å². The maximum atomic E-state index is 11.5. The van der Waals surface area contributed by atoms with Crippen molar-refractivity contribution in [2.75, 3.05) is 13.2 Å². The van der Waals surface area contributed by atoms with Crippen LogP contribution in [0, 0.1) is 5.92 Å². The molecule has 0 saturated carbocycles. The van der Waals surface area contributed by atoms with Gasteiger partial charge in [0.1, 0.15) is 24.2 Å². The van der Waals surface area contributed by atoms with E-state index in [4.69, 9.17) is 25.9 Å². The number of oxime groups is 1. The fraction of sp³-hybridized carbons (Fsp3) is 0.556. The molecule has 1 aromatic carbocycles. The number of unbranched alkanes of at least 4 members (excludes halogenated alkanes) is 1. The van der Waals surface area contributed by atoms with E-state index in [9.17, 15) is 9.90 Å². The van der Waals surface area contributed by atoms with E-state index in [1.165, 1.54) is 0 Å². The molecule has 0 amide bonds. The monoisotopic (exact) mass is 369 g/mol. The van der Waals surface area contributed by atoms with Crippen LogP contribution in [0.5, 0.6) is 5.75 Å². The summed E-state index contributed by atoms with van der Waals surface area (Å²) in [5, 5.41) is 14.0. The Kier molecular flexibility index (Phi) is 7.08. The third-order valence-electron chi connectivity index (χ3n) is 3.83. The van der Waals surface area contributed by atoms with Crippen LogP contribution in [-0.2, 0) is 14.4 Å². The van der Waals surface area contributed by atoms with E-state index < -0.39 is 12.1 Å². The largest absolute Gasteiger partial charge is 0.478 e. The van der Waals surface area contributed by atoms with Crippen molar-refractivity contribution in [3.8, 4) is 5.75 Å². The molecule has 6 nitrogen and oxygen atoms in total. The first-order chi connectivity index (χ1) is 11.9. The maximum absolute atomic E-state index is 11.5. The predicted octanol–water partition coefficient (Wildman–Crippen LogP) is 3.75. The molecule has 1 N–H and O–H groups in total. The highest BCUT2D eigenvalue weighted by Crippen LogP contribution is 2.29. The first-order valence-electron chi connectivity index (χ1n) is 8.44. The van der Waals surface area contributed by atoms with E-state index in [2.05, 4.69) is 12.1 Å². The number of aliphatic carboxylic acids is 1. The molecule has 25 heavy (non-hydrogen) atoms. The van der Waals surface area contributed by atoms with Crippen LogP contribution in [0.2, 0.25) is 5.02 Å². The van der Waals surface area contributed by atoms with Crippen LogP contribution < -0.4 is 4.74 Å². The normalized spacial score (nSPS) is 18.0. The number of halogens is 1. The zero-order chi connectivity index (χ0) is 18.4. The third kappa shape index (κ3) is 5.09. The molecular weight excluding hydrogens is 346 g/mol. The molecule has 2 atom stereocenters. The highest BCUT2D eigenvalue weighted by molar-refractivity contribution is 6.31. The van der Waals surface area contributed by atoms with Crippen molar-refractivity contribution in [3.05, 3.63) is 28.8 Å². The van der Waals surface area contributed by atoms with Gasteiger partial charge in [-0.15, -0.1) is 0 Å².